The van der Waals surface area contributed by atoms with E-state index >= 15 is 0 Å². The van der Waals surface area contributed by atoms with Gasteiger partial charge in [-0.3, -0.25) is 0 Å². The SMILES string of the molecule is CCCCOc1cc(/C=C\C(=O)OCCOCC)ccc1OCCc1ccc(OS(C)(=O)=O)cc1OC. The monoisotopic (exact) mass is 536 g/mol. The molecule has 0 spiro atoms. The van der Waals surface area contributed by atoms with Crippen LogP contribution in [0.15, 0.2) is 42.5 Å². The first kappa shape index (κ1) is 30.0. The number of carbonyl (C=O) groups is 1. The lowest BCUT2D eigenvalue weighted by Gasteiger charge is -2.15. The molecule has 0 aliphatic carbocycles. The van der Waals surface area contributed by atoms with Crippen molar-refractivity contribution in [1.82, 2.24) is 0 Å². The van der Waals surface area contributed by atoms with Crippen molar-refractivity contribution < 1.29 is 41.1 Å². The number of carbonyl (C=O) groups excluding carboxylic acids is 1. The maximum atomic E-state index is 11.9. The zero-order valence-corrected chi connectivity index (χ0v) is 22.7. The molecule has 0 radical (unpaired) electrons. The fourth-order valence-electron chi connectivity index (χ4n) is 3.17. The Morgan fingerprint density at radius 1 is 0.919 bits per heavy atom. The van der Waals surface area contributed by atoms with Crippen molar-refractivity contribution in [3.63, 3.8) is 0 Å². The van der Waals surface area contributed by atoms with E-state index in [-0.39, 0.29) is 12.4 Å². The Hall–Kier alpha value is -3.24. The van der Waals surface area contributed by atoms with E-state index in [0.717, 1.165) is 30.2 Å². The smallest absolute Gasteiger partial charge is 0.330 e. The summed E-state index contributed by atoms with van der Waals surface area (Å²) in [6, 6.07) is 10.3. The van der Waals surface area contributed by atoms with Crippen LogP contribution in [-0.4, -0.2) is 60.8 Å². The summed E-state index contributed by atoms with van der Waals surface area (Å²) in [6.45, 7) is 5.96. The van der Waals surface area contributed by atoms with Crippen LogP contribution in [0.2, 0.25) is 0 Å². The van der Waals surface area contributed by atoms with Crippen LogP contribution in [0, 0.1) is 0 Å². The number of ether oxygens (including phenoxy) is 5. The van der Waals surface area contributed by atoms with Crippen molar-refractivity contribution in [3.05, 3.63) is 53.6 Å². The molecular weight excluding hydrogens is 500 g/mol. The van der Waals surface area contributed by atoms with Gasteiger partial charge in [-0.05, 0) is 48.7 Å². The van der Waals surface area contributed by atoms with Crippen LogP contribution < -0.4 is 18.4 Å². The van der Waals surface area contributed by atoms with Gasteiger partial charge in [-0.2, -0.15) is 8.42 Å². The summed E-state index contributed by atoms with van der Waals surface area (Å²) in [5.74, 6) is 1.37. The molecule has 9 nitrogen and oxygen atoms in total. The van der Waals surface area contributed by atoms with E-state index in [2.05, 4.69) is 6.92 Å². The fraction of sp³-hybridized carbons (Fsp3) is 0.444. The van der Waals surface area contributed by atoms with Crippen molar-refractivity contribution >= 4 is 22.2 Å². The highest BCUT2D eigenvalue weighted by atomic mass is 32.2. The van der Waals surface area contributed by atoms with Crippen LogP contribution in [0.3, 0.4) is 0 Å². The highest BCUT2D eigenvalue weighted by Crippen LogP contribution is 2.30. The maximum Gasteiger partial charge on any atom is 0.330 e. The van der Waals surface area contributed by atoms with Gasteiger partial charge in [0, 0.05) is 25.2 Å². The number of methoxy groups -OCH3 is 1. The van der Waals surface area contributed by atoms with E-state index in [9.17, 15) is 13.2 Å². The first-order chi connectivity index (χ1) is 17.8. The van der Waals surface area contributed by atoms with Gasteiger partial charge in [-0.1, -0.05) is 25.5 Å². The standard InChI is InChI=1S/C27H36O9S/c1-5-7-15-33-26-19-21(9-13-27(28)35-18-17-32-6-2)8-12-24(26)34-16-14-22-10-11-23(20-25(22)31-3)36-37(4,29)30/h8-13,19-20H,5-7,14-18H2,1-4H3/b13-9-. The number of hydrogen-bond acceptors (Lipinski definition) is 9. The molecule has 2 aromatic carbocycles. The minimum atomic E-state index is -3.63. The summed E-state index contributed by atoms with van der Waals surface area (Å²) in [4.78, 5) is 11.9. The highest BCUT2D eigenvalue weighted by molar-refractivity contribution is 7.86. The summed E-state index contributed by atoms with van der Waals surface area (Å²) in [5, 5.41) is 0. The molecule has 37 heavy (non-hydrogen) atoms. The van der Waals surface area contributed by atoms with Gasteiger partial charge in [0.05, 0.1) is 33.2 Å². The molecule has 0 fully saturated rings. The van der Waals surface area contributed by atoms with E-state index in [4.69, 9.17) is 27.9 Å². The molecular formula is C27H36O9S. The number of benzene rings is 2. The topological polar surface area (TPSA) is 107 Å². The van der Waals surface area contributed by atoms with Gasteiger partial charge >= 0.3 is 16.1 Å². The van der Waals surface area contributed by atoms with E-state index < -0.39 is 16.1 Å². The maximum absolute atomic E-state index is 11.9. The number of rotatable bonds is 17. The molecule has 0 unspecified atom stereocenters. The molecule has 0 aliphatic heterocycles. The van der Waals surface area contributed by atoms with Gasteiger partial charge in [0.15, 0.2) is 11.5 Å². The zero-order valence-electron chi connectivity index (χ0n) is 21.9. The van der Waals surface area contributed by atoms with Crippen molar-refractivity contribution in [2.75, 3.05) is 46.4 Å². The third-order valence-electron chi connectivity index (χ3n) is 4.95. The number of esters is 1. The Morgan fingerprint density at radius 2 is 1.70 bits per heavy atom. The predicted molar refractivity (Wildman–Crippen MR) is 141 cm³/mol. The van der Waals surface area contributed by atoms with Crippen molar-refractivity contribution in [2.24, 2.45) is 0 Å². The third-order valence-corrected chi connectivity index (χ3v) is 5.44. The molecule has 0 amide bonds. The first-order valence-electron chi connectivity index (χ1n) is 12.1. The molecule has 0 aliphatic rings. The van der Waals surface area contributed by atoms with Crippen molar-refractivity contribution in [3.8, 4) is 23.0 Å². The molecule has 0 atom stereocenters. The van der Waals surface area contributed by atoms with E-state index in [1.54, 1.807) is 24.3 Å². The van der Waals surface area contributed by atoms with Gasteiger partial charge in [-0.25, -0.2) is 4.79 Å². The van der Waals surface area contributed by atoms with Gasteiger partial charge in [0.1, 0.15) is 18.1 Å². The van der Waals surface area contributed by atoms with Gasteiger partial charge < -0.3 is 27.9 Å². The Kier molecular flexibility index (Phi) is 12.8. The predicted octanol–water partition coefficient (Wildman–Crippen LogP) is 4.43. The second kappa shape index (κ2) is 15.8. The van der Waals surface area contributed by atoms with Crippen LogP contribution in [0.1, 0.15) is 37.8 Å². The largest absolute Gasteiger partial charge is 0.496 e. The quantitative estimate of drug-likeness (QED) is 0.126. The average Bonchev–Trinajstić information content (AvgIpc) is 2.86. The summed E-state index contributed by atoms with van der Waals surface area (Å²) in [5.41, 5.74) is 1.60. The van der Waals surface area contributed by atoms with Crippen LogP contribution in [0.4, 0.5) is 0 Å². The molecule has 0 saturated carbocycles. The summed E-state index contributed by atoms with van der Waals surface area (Å²) in [6.07, 6.45) is 6.39. The summed E-state index contributed by atoms with van der Waals surface area (Å²) >= 11 is 0. The molecule has 0 bridgehead atoms. The second-order valence-corrected chi connectivity index (χ2v) is 9.54. The summed E-state index contributed by atoms with van der Waals surface area (Å²) < 4.78 is 55.2. The van der Waals surface area contributed by atoms with E-state index in [0.29, 0.717) is 50.1 Å². The number of hydrogen-bond donors (Lipinski definition) is 0. The molecule has 10 heteroatoms. The fourth-order valence-corrected chi connectivity index (χ4v) is 3.63. The van der Waals surface area contributed by atoms with Crippen LogP contribution in [-0.2, 0) is 30.8 Å². The van der Waals surface area contributed by atoms with Crippen LogP contribution >= 0.6 is 0 Å². The molecule has 0 saturated heterocycles. The Bertz CT molecular complexity index is 1130. The Labute approximate surface area is 219 Å². The zero-order chi connectivity index (χ0) is 27.1. The second-order valence-electron chi connectivity index (χ2n) is 7.97. The molecule has 0 N–H and O–H groups in total. The normalized spacial score (nSPS) is 11.4. The van der Waals surface area contributed by atoms with Gasteiger partial charge in [0.25, 0.3) is 0 Å². The lowest BCUT2D eigenvalue weighted by atomic mass is 10.1. The molecule has 2 rings (SSSR count). The summed E-state index contributed by atoms with van der Waals surface area (Å²) in [7, 11) is -2.13. The minimum absolute atomic E-state index is 0.178. The molecule has 0 heterocycles. The molecule has 2 aromatic rings. The lowest BCUT2D eigenvalue weighted by Crippen LogP contribution is -2.08. The Balaban J connectivity index is 2.05. The number of unbranched alkanes of at least 4 members (excludes halogenated alkanes) is 1. The van der Waals surface area contributed by atoms with Crippen molar-refractivity contribution in [1.29, 1.82) is 0 Å². The van der Waals surface area contributed by atoms with E-state index in [1.807, 2.05) is 19.1 Å². The third kappa shape index (κ3) is 11.6. The van der Waals surface area contributed by atoms with Crippen molar-refractivity contribution in [2.45, 2.75) is 33.1 Å². The molecule has 204 valence electrons. The van der Waals surface area contributed by atoms with Gasteiger partial charge in [0.2, 0.25) is 0 Å². The van der Waals surface area contributed by atoms with Crippen LogP contribution in [0.25, 0.3) is 6.08 Å². The Morgan fingerprint density at radius 3 is 2.41 bits per heavy atom. The first-order valence-corrected chi connectivity index (χ1v) is 14.0. The molecule has 0 aromatic heterocycles. The average molecular weight is 537 g/mol. The lowest BCUT2D eigenvalue weighted by molar-refractivity contribution is -0.139. The van der Waals surface area contributed by atoms with Crippen LogP contribution in [0.5, 0.6) is 23.0 Å². The highest BCUT2D eigenvalue weighted by Gasteiger charge is 2.11. The van der Waals surface area contributed by atoms with Gasteiger partial charge in [-0.15, -0.1) is 0 Å². The minimum Gasteiger partial charge on any atom is -0.496 e. The van der Waals surface area contributed by atoms with E-state index in [1.165, 1.54) is 19.3 Å².